The minimum absolute atomic E-state index is 0.0989. The molecule has 3 nitrogen and oxygen atoms in total. The lowest BCUT2D eigenvalue weighted by atomic mass is 10.0. The molecular formula is C17H29ClN2O. The van der Waals surface area contributed by atoms with Crippen molar-refractivity contribution in [1.29, 1.82) is 0 Å². The summed E-state index contributed by atoms with van der Waals surface area (Å²) in [5.41, 5.74) is 3.81. The zero-order valence-corrected chi connectivity index (χ0v) is 14.5. The van der Waals surface area contributed by atoms with E-state index in [9.17, 15) is 0 Å². The standard InChI is InChI=1S/C17H29ClN2O/c1-4-14(18)17-15(5-2)19-20(16(17)6-3)11-7-9-13-10-8-12-21-13/h13-14H,4-12H2,1-3H3. The first-order chi connectivity index (χ1) is 10.2. The predicted octanol–water partition coefficient (Wildman–Crippen LogP) is 4.66. The first-order valence-electron chi connectivity index (χ1n) is 8.55. The summed E-state index contributed by atoms with van der Waals surface area (Å²) in [5, 5.41) is 4.92. The third kappa shape index (κ3) is 4.01. The fraction of sp³-hybridized carbons (Fsp3) is 0.824. The molecule has 1 fully saturated rings. The van der Waals surface area contributed by atoms with E-state index < -0.39 is 0 Å². The first kappa shape index (κ1) is 16.8. The third-order valence-electron chi connectivity index (χ3n) is 4.44. The number of aromatic nitrogens is 2. The average Bonchev–Trinajstić information content (AvgIpc) is 3.13. The van der Waals surface area contributed by atoms with E-state index >= 15 is 0 Å². The van der Waals surface area contributed by atoms with E-state index in [4.69, 9.17) is 21.4 Å². The third-order valence-corrected chi connectivity index (χ3v) is 4.96. The summed E-state index contributed by atoms with van der Waals surface area (Å²) in [7, 11) is 0. The van der Waals surface area contributed by atoms with E-state index in [0.717, 1.165) is 45.3 Å². The van der Waals surface area contributed by atoms with E-state index in [1.165, 1.54) is 29.8 Å². The molecule has 0 saturated carbocycles. The monoisotopic (exact) mass is 312 g/mol. The lowest BCUT2D eigenvalue weighted by Gasteiger charge is -2.12. The molecule has 120 valence electrons. The van der Waals surface area contributed by atoms with Crippen LogP contribution < -0.4 is 0 Å². The van der Waals surface area contributed by atoms with E-state index in [0.29, 0.717) is 6.10 Å². The van der Waals surface area contributed by atoms with Gasteiger partial charge in [0.2, 0.25) is 0 Å². The molecule has 0 amide bonds. The molecule has 1 aromatic heterocycles. The van der Waals surface area contributed by atoms with Crippen LogP contribution in [0.4, 0.5) is 0 Å². The van der Waals surface area contributed by atoms with Gasteiger partial charge in [-0.05, 0) is 44.9 Å². The molecule has 1 aliphatic heterocycles. The normalized spacial score (nSPS) is 20.1. The second-order valence-corrected chi connectivity index (χ2v) is 6.42. The molecule has 0 radical (unpaired) electrons. The van der Waals surface area contributed by atoms with Gasteiger partial charge in [0, 0.05) is 24.4 Å². The Kier molecular flexibility index (Phi) is 6.56. The van der Waals surface area contributed by atoms with Crippen molar-refractivity contribution in [2.24, 2.45) is 0 Å². The molecule has 1 saturated heterocycles. The molecular weight excluding hydrogens is 284 g/mol. The molecule has 2 unspecified atom stereocenters. The Bertz CT molecular complexity index is 438. The van der Waals surface area contributed by atoms with Crippen molar-refractivity contribution in [3.8, 4) is 0 Å². The van der Waals surface area contributed by atoms with Gasteiger partial charge in [-0.15, -0.1) is 11.6 Å². The highest BCUT2D eigenvalue weighted by atomic mass is 35.5. The van der Waals surface area contributed by atoms with Crippen LogP contribution in [0.3, 0.4) is 0 Å². The Morgan fingerprint density at radius 2 is 2.14 bits per heavy atom. The lowest BCUT2D eigenvalue weighted by Crippen LogP contribution is -2.10. The Hall–Kier alpha value is -0.540. The minimum Gasteiger partial charge on any atom is -0.378 e. The Morgan fingerprint density at radius 1 is 1.33 bits per heavy atom. The molecule has 2 atom stereocenters. The zero-order valence-electron chi connectivity index (χ0n) is 13.7. The second-order valence-electron chi connectivity index (χ2n) is 5.89. The molecule has 0 aliphatic carbocycles. The number of nitrogens with zero attached hydrogens (tertiary/aromatic N) is 2. The fourth-order valence-electron chi connectivity index (χ4n) is 3.29. The maximum Gasteiger partial charge on any atom is 0.0671 e. The van der Waals surface area contributed by atoms with Crippen molar-refractivity contribution < 1.29 is 4.74 Å². The largest absolute Gasteiger partial charge is 0.378 e. The first-order valence-corrected chi connectivity index (χ1v) is 8.98. The van der Waals surface area contributed by atoms with E-state index in [1.54, 1.807) is 0 Å². The minimum atomic E-state index is 0.0989. The molecule has 0 N–H and O–H groups in total. The van der Waals surface area contributed by atoms with Gasteiger partial charge < -0.3 is 4.74 Å². The van der Waals surface area contributed by atoms with Crippen molar-refractivity contribution in [1.82, 2.24) is 9.78 Å². The van der Waals surface area contributed by atoms with Gasteiger partial charge in [0.05, 0.1) is 17.2 Å². The van der Waals surface area contributed by atoms with E-state index in [-0.39, 0.29) is 5.38 Å². The maximum absolute atomic E-state index is 6.54. The van der Waals surface area contributed by atoms with Crippen LogP contribution in [0.2, 0.25) is 0 Å². The number of halogens is 1. The van der Waals surface area contributed by atoms with Crippen molar-refractivity contribution in [2.45, 2.75) is 83.7 Å². The van der Waals surface area contributed by atoms with Crippen molar-refractivity contribution in [3.63, 3.8) is 0 Å². The van der Waals surface area contributed by atoms with Gasteiger partial charge in [0.1, 0.15) is 0 Å². The van der Waals surface area contributed by atoms with Crippen LogP contribution in [0.25, 0.3) is 0 Å². The highest BCUT2D eigenvalue weighted by Crippen LogP contribution is 2.31. The van der Waals surface area contributed by atoms with Crippen molar-refractivity contribution in [3.05, 3.63) is 17.0 Å². The fourth-order valence-corrected chi connectivity index (χ4v) is 3.54. The van der Waals surface area contributed by atoms with Gasteiger partial charge in [-0.1, -0.05) is 20.8 Å². The number of rotatable bonds is 8. The summed E-state index contributed by atoms with van der Waals surface area (Å²) in [6.07, 6.45) is 8.15. The number of ether oxygens (including phenoxy) is 1. The van der Waals surface area contributed by atoms with E-state index in [2.05, 4.69) is 25.5 Å². The number of hydrogen-bond donors (Lipinski definition) is 0. The summed E-state index contributed by atoms with van der Waals surface area (Å²) in [6, 6.07) is 0. The van der Waals surface area contributed by atoms with E-state index in [1.807, 2.05) is 0 Å². The van der Waals surface area contributed by atoms with Crippen molar-refractivity contribution in [2.75, 3.05) is 6.61 Å². The summed E-state index contributed by atoms with van der Waals surface area (Å²) in [4.78, 5) is 0. The number of aryl methyl sites for hydroxylation is 2. The second kappa shape index (κ2) is 8.19. The highest BCUT2D eigenvalue weighted by Gasteiger charge is 2.21. The van der Waals surface area contributed by atoms with Gasteiger partial charge in [0.15, 0.2) is 0 Å². The summed E-state index contributed by atoms with van der Waals surface area (Å²) in [5.74, 6) is 0. The highest BCUT2D eigenvalue weighted by molar-refractivity contribution is 6.20. The molecule has 1 aliphatic rings. The smallest absolute Gasteiger partial charge is 0.0671 e. The molecule has 1 aromatic rings. The van der Waals surface area contributed by atoms with Gasteiger partial charge >= 0.3 is 0 Å². The predicted molar refractivity (Wildman–Crippen MR) is 88.1 cm³/mol. The van der Waals surface area contributed by atoms with Gasteiger partial charge in [-0.25, -0.2) is 0 Å². The van der Waals surface area contributed by atoms with Crippen LogP contribution >= 0.6 is 11.6 Å². The van der Waals surface area contributed by atoms with Crippen molar-refractivity contribution >= 4 is 11.6 Å². The van der Waals surface area contributed by atoms with Gasteiger partial charge in [-0.3, -0.25) is 4.68 Å². The molecule has 21 heavy (non-hydrogen) atoms. The average molecular weight is 313 g/mol. The molecule has 2 heterocycles. The van der Waals surface area contributed by atoms with Crippen LogP contribution in [0.5, 0.6) is 0 Å². The molecule has 0 aromatic carbocycles. The Balaban J connectivity index is 2.05. The van der Waals surface area contributed by atoms with Crippen LogP contribution in [0.1, 0.15) is 75.2 Å². The van der Waals surface area contributed by atoms with Crippen LogP contribution in [0, 0.1) is 0 Å². The Morgan fingerprint density at radius 3 is 2.71 bits per heavy atom. The van der Waals surface area contributed by atoms with Crippen LogP contribution in [-0.2, 0) is 24.1 Å². The topological polar surface area (TPSA) is 27.1 Å². The zero-order chi connectivity index (χ0) is 15.2. The summed E-state index contributed by atoms with van der Waals surface area (Å²) in [6.45, 7) is 8.45. The number of hydrogen-bond acceptors (Lipinski definition) is 2. The van der Waals surface area contributed by atoms with Crippen LogP contribution in [-0.4, -0.2) is 22.5 Å². The molecule has 0 bridgehead atoms. The molecule has 2 rings (SSSR count). The molecule has 4 heteroatoms. The Labute approximate surface area is 134 Å². The summed E-state index contributed by atoms with van der Waals surface area (Å²) >= 11 is 6.54. The summed E-state index contributed by atoms with van der Waals surface area (Å²) < 4.78 is 7.90. The lowest BCUT2D eigenvalue weighted by molar-refractivity contribution is 0.101. The molecule has 0 spiro atoms. The van der Waals surface area contributed by atoms with Gasteiger partial charge in [-0.2, -0.15) is 5.10 Å². The number of alkyl halides is 1. The van der Waals surface area contributed by atoms with Gasteiger partial charge in [0.25, 0.3) is 0 Å². The van der Waals surface area contributed by atoms with Crippen LogP contribution in [0.15, 0.2) is 0 Å². The maximum atomic E-state index is 6.54. The quantitative estimate of drug-likeness (QED) is 0.653. The SMILES string of the molecule is CCc1nn(CCCC2CCCO2)c(CC)c1C(Cl)CC.